The summed E-state index contributed by atoms with van der Waals surface area (Å²) in [4.78, 5) is 11.1. The van der Waals surface area contributed by atoms with E-state index in [4.69, 9.17) is 26.3 Å². The van der Waals surface area contributed by atoms with Gasteiger partial charge in [-0.25, -0.2) is 0 Å². The Kier molecular flexibility index (Phi) is 4.81. The summed E-state index contributed by atoms with van der Waals surface area (Å²) < 4.78 is 11.2. The smallest absolute Gasteiger partial charge is 0.172 e. The molecule has 0 radical (unpaired) electrons. The van der Waals surface area contributed by atoms with Gasteiger partial charge in [-0.2, -0.15) is 5.26 Å². The summed E-state index contributed by atoms with van der Waals surface area (Å²) in [7, 11) is 0. The van der Waals surface area contributed by atoms with Crippen LogP contribution in [0.5, 0.6) is 17.2 Å². The molecule has 106 valence electrons. The Morgan fingerprint density at radius 1 is 1.29 bits per heavy atom. The van der Waals surface area contributed by atoms with Gasteiger partial charge in [-0.1, -0.05) is 17.7 Å². The van der Waals surface area contributed by atoms with Crippen molar-refractivity contribution in [3.8, 4) is 23.3 Å². The number of para-hydroxylation sites is 1. The summed E-state index contributed by atoms with van der Waals surface area (Å²) in [5, 5.41) is 9.55. The maximum atomic E-state index is 11.1. The van der Waals surface area contributed by atoms with Crippen LogP contribution in [0.15, 0.2) is 36.4 Å². The molecule has 0 fully saturated rings. The lowest BCUT2D eigenvalue weighted by atomic mass is 10.2. The fourth-order valence-corrected chi connectivity index (χ4v) is 1.96. The van der Waals surface area contributed by atoms with Crippen molar-refractivity contribution in [1.82, 2.24) is 0 Å². The SMILES string of the molecule is CCOc1c(C=O)cccc1Oc1cc(Cl)ccc1C#N. The molecule has 2 aromatic rings. The van der Waals surface area contributed by atoms with Crippen LogP contribution >= 0.6 is 11.6 Å². The van der Waals surface area contributed by atoms with E-state index in [1.165, 1.54) is 0 Å². The second-order valence-corrected chi connectivity index (χ2v) is 4.52. The van der Waals surface area contributed by atoms with Crippen molar-refractivity contribution in [3.05, 3.63) is 52.5 Å². The molecule has 0 aromatic heterocycles. The van der Waals surface area contributed by atoms with Crippen LogP contribution in [0.3, 0.4) is 0 Å². The number of nitriles is 1. The number of nitrogens with zero attached hydrogens (tertiary/aromatic N) is 1. The van der Waals surface area contributed by atoms with Gasteiger partial charge < -0.3 is 9.47 Å². The van der Waals surface area contributed by atoms with Crippen LogP contribution < -0.4 is 9.47 Å². The van der Waals surface area contributed by atoms with Gasteiger partial charge in [0.2, 0.25) is 0 Å². The fraction of sp³-hybridized carbons (Fsp3) is 0.125. The highest BCUT2D eigenvalue weighted by atomic mass is 35.5. The van der Waals surface area contributed by atoms with Gasteiger partial charge in [-0.05, 0) is 31.2 Å². The summed E-state index contributed by atoms with van der Waals surface area (Å²) in [6.45, 7) is 2.20. The summed E-state index contributed by atoms with van der Waals surface area (Å²) in [5.74, 6) is 1.02. The summed E-state index contributed by atoms with van der Waals surface area (Å²) in [6.07, 6.45) is 0.695. The molecule has 0 unspecified atom stereocenters. The molecule has 2 rings (SSSR count). The highest BCUT2D eigenvalue weighted by molar-refractivity contribution is 6.30. The lowest BCUT2D eigenvalue weighted by molar-refractivity contribution is 0.111. The van der Waals surface area contributed by atoms with Crippen molar-refractivity contribution in [2.75, 3.05) is 6.61 Å². The minimum absolute atomic E-state index is 0.314. The van der Waals surface area contributed by atoms with E-state index in [0.717, 1.165) is 0 Å². The van der Waals surface area contributed by atoms with Crippen molar-refractivity contribution in [1.29, 1.82) is 5.26 Å². The Balaban J connectivity index is 2.47. The Bertz CT molecular complexity index is 707. The Morgan fingerprint density at radius 3 is 2.76 bits per heavy atom. The van der Waals surface area contributed by atoms with Gasteiger partial charge in [-0.15, -0.1) is 0 Å². The van der Waals surface area contributed by atoms with Gasteiger partial charge in [0.15, 0.2) is 17.8 Å². The third-order valence-electron chi connectivity index (χ3n) is 2.71. The molecule has 0 aliphatic rings. The Labute approximate surface area is 127 Å². The minimum atomic E-state index is 0.314. The largest absolute Gasteiger partial charge is 0.489 e. The van der Waals surface area contributed by atoms with E-state index in [1.54, 1.807) is 36.4 Å². The monoisotopic (exact) mass is 301 g/mol. The number of hydrogen-bond donors (Lipinski definition) is 0. The quantitative estimate of drug-likeness (QED) is 0.776. The molecule has 0 saturated heterocycles. The van der Waals surface area contributed by atoms with Gasteiger partial charge >= 0.3 is 0 Å². The Hall–Kier alpha value is -2.51. The summed E-state index contributed by atoms with van der Waals surface area (Å²) >= 11 is 5.92. The first-order valence-electron chi connectivity index (χ1n) is 6.28. The van der Waals surface area contributed by atoms with Gasteiger partial charge in [0.05, 0.1) is 17.7 Å². The van der Waals surface area contributed by atoms with Crippen molar-refractivity contribution in [2.24, 2.45) is 0 Å². The summed E-state index contributed by atoms with van der Waals surface area (Å²) in [5.41, 5.74) is 0.730. The number of carbonyl (C=O) groups excluding carboxylic acids is 1. The van der Waals surface area contributed by atoms with Gasteiger partial charge in [0.1, 0.15) is 11.8 Å². The zero-order chi connectivity index (χ0) is 15.2. The molecular formula is C16H12ClNO3. The number of ether oxygens (including phenoxy) is 2. The van der Waals surface area contributed by atoms with E-state index in [2.05, 4.69) is 0 Å². The molecule has 0 bridgehead atoms. The maximum absolute atomic E-state index is 11.1. The van der Waals surface area contributed by atoms with Crippen molar-refractivity contribution >= 4 is 17.9 Å². The first kappa shape index (κ1) is 14.9. The van der Waals surface area contributed by atoms with E-state index >= 15 is 0 Å². The van der Waals surface area contributed by atoms with Crippen LogP contribution in [0.4, 0.5) is 0 Å². The zero-order valence-electron chi connectivity index (χ0n) is 11.3. The molecule has 0 amide bonds. The van der Waals surface area contributed by atoms with Crippen LogP contribution in [0, 0.1) is 11.3 Å². The number of halogens is 1. The molecule has 2 aromatic carbocycles. The molecule has 0 aliphatic carbocycles. The fourth-order valence-electron chi connectivity index (χ4n) is 1.80. The van der Waals surface area contributed by atoms with E-state index in [0.29, 0.717) is 46.3 Å². The van der Waals surface area contributed by atoms with Gasteiger partial charge in [0, 0.05) is 11.1 Å². The highest BCUT2D eigenvalue weighted by Crippen LogP contribution is 2.36. The molecule has 4 nitrogen and oxygen atoms in total. The Morgan fingerprint density at radius 2 is 2.10 bits per heavy atom. The average Bonchev–Trinajstić information content (AvgIpc) is 2.49. The van der Waals surface area contributed by atoms with E-state index < -0.39 is 0 Å². The molecule has 0 heterocycles. The molecule has 0 atom stereocenters. The number of benzene rings is 2. The predicted molar refractivity (Wildman–Crippen MR) is 79.2 cm³/mol. The van der Waals surface area contributed by atoms with Crippen LogP contribution in [0.25, 0.3) is 0 Å². The van der Waals surface area contributed by atoms with Crippen molar-refractivity contribution < 1.29 is 14.3 Å². The standard InChI is InChI=1S/C16H12ClNO3/c1-2-20-16-12(10-19)4-3-5-14(16)21-15-8-13(17)7-6-11(15)9-18/h3-8,10H,2H2,1H3. The number of rotatable bonds is 5. The van der Waals surface area contributed by atoms with Crippen LogP contribution in [-0.4, -0.2) is 12.9 Å². The molecule has 0 N–H and O–H groups in total. The topological polar surface area (TPSA) is 59.3 Å². The van der Waals surface area contributed by atoms with Crippen LogP contribution in [0.1, 0.15) is 22.8 Å². The predicted octanol–water partition coefficient (Wildman–Crippen LogP) is 4.22. The number of carbonyl (C=O) groups is 1. The number of aldehydes is 1. The van der Waals surface area contributed by atoms with Crippen molar-refractivity contribution in [2.45, 2.75) is 6.92 Å². The van der Waals surface area contributed by atoms with Crippen molar-refractivity contribution in [3.63, 3.8) is 0 Å². The minimum Gasteiger partial charge on any atom is -0.489 e. The van der Waals surface area contributed by atoms with Crippen LogP contribution in [0.2, 0.25) is 5.02 Å². The first-order valence-corrected chi connectivity index (χ1v) is 6.66. The first-order chi connectivity index (χ1) is 10.2. The van der Waals surface area contributed by atoms with Crippen LogP contribution in [-0.2, 0) is 0 Å². The third kappa shape index (κ3) is 3.33. The normalized spacial score (nSPS) is 9.76. The van der Waals surface area contributed by atoms with E-state index in [-0.39, 0.29) is 0 Å². The average molecular weight is 302 g/mol. The molecular weight excluding hydrogens is 290 g/mol. The third-order valence-corrected chi connectivity index (χ3v) is 2.94. The maximum Gasteiger partial charge on any atom is 0.172 e. The van der Waals surface area contributed by atoms with Gasteiger partial charge in [-0.3, -0.25) is 4.79 Å². The molecule has 0 aliphatic heterocycles. The van der Waals surface area contributed by atoms with Gasteiger partial charge in [0.25, 0.3) is 0 Å². The van der Waals surface area contributed by atoms with E-state index in [1.807, 2.05) is 13.0 Å². The highest BCUT2D eigenvalue weighted by Gasteiger charge is 2.13. The second-order valence-electron chi connectivity index (χ2n) is 4.08. The lowest BCUT2D eigenvalue weighted by Crippen LogP contribution is -1.99. The molecule has 0 spiro atoms. The zero-order valence-corrected chi connectivity index (χ0v) is 12.1. The molecule has 5 heteroatoms. The summed E-state index contributed by atoms with van der Waals surface area (Å²) in [6, 6.07) is 11.7. The second kappa shape index (κ2) is 6.78. The molecule has 21 heavy (non-hydrogen) atoms. The molecule has 0 saturated carbocycles. The number of hydrogen-bond acceptors (Lipinski definition) is 4. The van der Waals surface area contributed by atoms with E-state index in [9.17, 15) is 4.79 Å². The lowest BCUT2D eigenvalue weighted by Gasteiger charge is -2.14.